The summed E-state index contributed by atoms with van der Waals surface area (Å²) in [7, 11) is 1.94. The van der Waals surface area contributed by atoms with E-state index in [0.29, 0.717) is 0 Å². The van der Waals surface area contributed by atoms with Crippen molar-refractivity contribution >= 4 is 5.95 Å². The molecule has 4 nitrogen and oxygen atoms in total. The molecular weight excluding hydrogens is 212 g/mol. The zero-order chi connectivity index (χ0) is 12.3. The molecule has 0 saturated carbocycles. The van der Waals surface area contributed by atoms with Crippen LogP contribution in [-0.4, -0.2) is 30.1 Å². The SMILES string of the molecule is CNCc1cc(C)nc(N2CCCC(C)C2)n1. The van der Waals surface area contributed by atoms with E-state index in [-0.39, 0.29) is 0 Å². The third-order valence-corrected chi connectivity index (χ3v) is 3.19. The average molecular weight is 234 g/mol. The second-order valence-electron chi connectivity index (χ2n) is 5.02. The first kappa shape index (κ1) is 12.3. The number of aromatic nitrogens is 2. The minimum atomic E-state index is 0.751. The van der Waals surface area contributed by atoms with Gasteiger partial charge in [-0.25, -0.2) is 9.97 Å². The lowest BCUT2D eigenvalue weighted by Crippen LogP contribution is -2.35. The maximum absolute atomic E-state index is 4.63. The van der Waals surface area contributed by atoms with Crippen LogP contribution in [0.25, 0.3) is 0 Å². The number of hydrogen-bond acceptors (Lipinski definition) is 4. The fraction of sp³-hybridized carbons (Fsp3) is 0.692. The molecule has 4 heteroatoms. The van der Waals surface area contributed by atoms with Gasteiger partial charge in [-0.3, -0.25) is 0 Å². The van der Waals surface area contributed by atoms with Gasteiger partial charge in [-0.15, -0.1) is 0 Å². The smallest absolute Gasteiger partial charge is 0.225 e. The van der Waals surface area contributed by atoms with E-state index >= 15 is 0 Å². The van der Waals surface area contributed by atoms with Crippen molar-refractivity contribution in [2.45, 2.75) is 33.2 Å². The molecule has 94 valence electrons. The molecule has 0 bridgehead atoms. The molecule has 1 aromatic heterocycles. The normalized spacial score (nSPS) is 20.6. The summed E-state index contributed by atoms with van der Waals surface area (Å²) in [5.74, 6) is 1.66. The molecule has 0 spiro atoms. The van der Waals surface area contributed by atoms with Gasteiger partial charge in [0.25, 0.3) is 0 Å². The fourth-order valence-corrected chi connectivity index (χ4v) is 2.40. The van der Waals surface area contributed by atoms with Gasteiger partial charge in [0, 0.05) is 25.3 Å². The predicted octanol–water partition coefficient (Wildman–Crippen LogP) is 1.74. The molecule has 1 N–H and O–H groups in total. The highest BCUT2D eigenvalue weighted by Crippen LogP contribution is 2.20. The van der Waals surface area contributed by atoms with Gasteiger partial charge in [0.1, 0.15) is 0 Å². The van der Waals surface area contributed by atoms with Crippen molar-refractivity contribution < 1.29 is 0 Å². The molecule has 1 atom stereocenters. The maximum Gasteiger partial charge on any atom is 0.225 e. The minimum Gasteiger partial charge on any atom is -0.341 e. The van der Waals surface area contributed by atoms with Gasteiger partial charge < -0.3 is 10.2 Å². The number of aryl methyl sites for hydroxylation is 1. The largest absolute Gasteiger partial charge is 0.341 e. The summed E-state index contributed by atoms with van der Waals surface area (Å²) < 4.78 is 0. The second-order valence-corrected chi connectivity index (χ2v) is 5.02. The Balaban J connectivity index is 2.18. The quantitative estimate of drug-likeness (QED) is 0.865. The predicted molar refractivity (Wildman–Crippen MR) is 70.1 cm³/mol. The molecule has 0 amide bonds. The Morgan fingerprint density at radius 3 is 3.00 bits per heavy atom. The van der Waals surface area contributed by atoms with E-state index in [2.05, 4.69) is 27.1 Å². The highest BCUT2D eigenvalue weighted by Gasteiger charge is 2.19. The lowest BCUT2D eigenvalue weighted by atomic mass is 10.0. The van der Waals surface area contributed by atoms with E-state index in [4.69, 9.17) is 0 Å². The number of nitrogens with one attached hydrogen (secondary N) is 1. The highest BCUT2D eigenvalue weighted by molar-refractivity contribution is 5.33. The molecule has 2 rings (SSSR count). The van der Waals surface area contributed by atoms with Crippen LogP contribution in [0.15, 0.2) is 6.07 Å². The molecule has 0 radical (unpaired) electrons. The van der Waals surface area contributed by atoms with Gasteiger partial charge in [-0.2, -0.15) is 0 Å². The average Bonchev–Trinajstić information content (AvgIpc) is 2.28. The van der Waals surface area contributed by atoms with Crippen LogP contribution in [0.5, 0.6) is 0 Å². The first-order chi connectivity index (χ1) is 8.19. The zero-order valence-corrected chi connectivity index (χ0v) is 11.0. The molecular formula is C13H22N4. The third-order valence-electron chi connectivity index (χ3n) is 3.19. The third kappa shape index (κ3) is 3.16. The van der Waals surface area contributed by atoms with Crippen LogP contribution in [0.4, 0.5) is 5.95 Å². The monoisotopic (exact) mass is 234 g/mol. The number of nitrogens with zero attached hydrogens (tertiary/aromatic N) is 3. The van der Waals surface area contributed by atoms with Gasteiger partial charge in [0.15, 0.2) is 0 Å². The van der Waals surface area contributed by atoms with Crippen LogP contribution < -0.4 is 10.2 Å². The van der Waals surface area contributed by atoms with Crippen LogP contribution in [0.3, 0.4) is 0 Å². The topological polar surface area (TPSA) is 41.1 Å². The van der Waals surface area contributed by atoms with E-state index in [1.165, 1.54) is 12.8 Å². The van der Waals surface area contributed by atoms with Crippen molar-refractivity contribution in [3.8, 4) is 0 Å². The van der Waals surface area contributed by atoms with Gasteiger partial charge in [-0.1, -0.05) is 6.92 Å². The second kappa shape index (κ2) is 5.45. The van der Waals surface area contributed by atoms with Crippen molar-refractivity contribution in [1.82, 2.24) is 15.3 Å². The van der Waals surface area contributed by atoms with Crippen LogP contribution in [0, 0.1) is 12.8 Å². The number of piperidine rings is 1. The number of hydrogen-bond donors (Lipinski definition) is 1. The van der Waals surface area contributed by atoms with E-state index in [1.54, 1.807) is 0 Å². The van der Waals surface area contributed by atoms with E-state index in [9.17, 15) is 0 Å². The summed E-state index contributed by atoms with van der Waals surface area (Å²) in [6.45, 7) is 7.32. The first-order valence-corrected chi connectivity index (χ1v) is 6.43. The van der Waals surface area contributed by atoms with Crippen LogP contribution in [0.2, 0.25) is 0 Å². The Labute approximate surface area is 103 Å². The summed E-state index contributed by atoms with van der Waals surface area (Å²) in [4.78, 5) is 11.5. The van der Waals surface area contributed by atoms with Crippen molar-refractivity contribution in [3.63, 3.8) is 0 Å². The van der Waals surface area contributed by atoms with Gasteiger partial charge in [-0.05, 0) is 38.8 Å². The zero-order valence-electron chi connectivity index (χ0n) is 11.0. The van der Waals surface area contributed by atoms with Crippen molar-refractivity contribution in [2.24, 2.45) is 5.92 Å². The molecule has 1 aromatic rings. The first-order valence-electron chi connectivity index (χ1n) is 6.43. The van der Waals surface area contributed by atoms with Crippen molar-refractivity contribution in [3.05, 3.63) is 17.5 Å². The lowest BCUT2D eigenvalue weighted by molar-refractivity contribution is 0.441. The standard InChI is InChI=1S/C13H22N4/c1-10-5-4-6-17(9-10)13-15-11(2)7-12(16-13)8-14-3/h7,10,14H,4-6,8-9H2,1-3H3. The van der Waals surface area contributed by atoms with Gasteiger partial charge in [0.05, 0.1) is 5.69 Å². The Kier molecular flexibility index (Phi) is 3.94. The van der Waals surface area contributed by atoms with E-state index in [0.717, 1.165) is 42.9 Å². The lowest BCUT2D eigenvalue weighted by Gasteiger charge is -2.31. The summed E-state index contributed by atoms with van der Waals surface area (Å²) in [5.41, 5.74) is 2.13. The summed E-state index contributed by atoms with van der Waals surface area (Å²) in [5, 5.41) is 3.14. The van der Waals surface area contributed by atoms with Crippen LogP contribution in [0.1, 0.15) is 31.2 Å². The Morgan fingerprint density at radius 2 is 2.29 bits per heavy atom. The molecule has 1 unspecified atom stereocenters. The number of anilines is 1. The summed E-state index contributed by atoms with van der Waals surface area (Å²) in [6.07, 6.45) is 2.57. The van der Waals surface area contributed by atoms with Gasteiger partial charge >= 0.3 is 0 Å². The Hall–Kier alpha value is -1.16. The molecule has 1 fully saturated rings. The van der Waals surface area contributed by atoms with Crippen molar-refractivity contribution in [2.75, 3.05) is 25.0 Å². The highest BCUT2D eigenvalue weighted by atomic mass is 15.3. The van der Waals surface area contributed by atoms with E-state index in [1.807, 2.05) is 20.0 Å². The molecule has 0 aliphatic carbocycles. The summed E-state index contributed by atoms with van der Waals surface area (Å²) in [6, 6.07) is 2.05. The Morgan fingerprint density at radius 1 is 1.47 bits per heavy atom. The molecule has 1 aliphatic rings. The van der Waals surface area contributed by atoms with Crippen molar-refractivity contribution in [1.29, 1.82) is 0 Å². The van der Waals surface area contributed by atoms with Gasteiger partial charge in [0.2, 0.25) is 5.95 Å². The molecule has 1 aliphatic heterocycles. The molecule has 17 heavy (non-hydrogen) atoms. The van der Waals surface area contributed by atoms with Crippen LogP contribution >= 0.6 is 0 Å². The number of rotatable bonds is 3. The Bertz CT molecular complexity index is 378. The minimum absolute atomic E-state index is 0.751. The fourth-order valence-electron chi connectivity index (χ4n) is 2.40. The molecule has 1 saturated heterocycles. The molecule has 0 aromatic carbocycles. The molecule has 2 heterocycles. The summed E-state index contributed by atoms with van der Waals surface area (Å²) >= 11 is 0. The maximum atomic E-state index is 4.63. The van der Waals surface area contributed by atoms with E-state index < -0.39 is 0 Å². The van der Waals surface area contributed by atoms with Crippen LogP contribution in [-0.2, 0) is 6.54 Å².